The van der Waals surface area contributed by atoms with E-state index in [0.29, 0.717) is 0 Å². The van der Waals surface area contributed by atoms with Crippen molar-refractivity contribution in [3.8, 4) is 5.75 Å². The number of halogens is 1. The molecule has 0 atom stereocenters. The minimum absolute atomic E-state index is 0. The van der Waals surface area contributed by atoms with Gasteiger partial charge in [0.15, 0.2) is 0 Å². The monoisotopic (exact) mass is 170 g/mol. The van der Waals surface area contributed by atoms with Gasteiger partial charge in [0.25, 0.3) is 0 Å². The van der Waals surface area contributed by atoms with Crippen LogP contribution in [0, 0.1) is 0 Å². The molecular weight excluding hydrogens is 163 g/mol. The van der Waals surface area contributed by atoms with Gasteiger partial charge in [-0.1, -0.05) is 18.2 Å². The fraction of sp³-hybridized carbons (Fsp3) is 0.143. The zero-order valence-corrected chi connectivity index (χ0v) is 7.66. The van der Waals surface area contributed by atoms with Crippen LogP contribution >= 0.6 is 0 Å². The summed E-state index contributed by atoms with van der Waals surface area (Å²) in [6.45, 7) is 0. The summed E-state index contributed by atoms with van der Waals surface area (Å²) in [5, 5.41) is 0. The Morgan fingerprint density at radius 3 is 1.90 bits per heavy atom. The average molecular weight is 171 g/mol. The molecule has 0 radical (unpaired) electrons. The molecule has 0 amide bonds. The summed E-state index contributed by atoms with van der Waals surface area (Å²) in [5.74, 6) is 0.910. The number of methoxy groups -OCH3 is 1. The SMILES string of the molecule is COc1ccccc1.[Al+3].[Cl-]. The molecule has 0 bridgehead atoms. The molecule has 50 valence electrons. The maximum absolute atomic E-state index is 4.91. The molecule has 0 saturated heterocycles. The van der Waals surface area contributed by atoms with Crippen molar-refractivity contribution in [1.29, 1.82) is 0 Å². The maximum atomic E-state index is 4.91. The van der Waals surface area contributed by atoms with E-state index in [2.05, 4.69) is 0 Å². The first-order valence-electron chi connectivity index (χ1n) is 2.52. The zero-order chi connectivity index (χ0) is 5.82. The molecule has 0 spiro atoms. The summed E-state index contributed by atoms with van der Waals surface area (Å²) in [4.78, 5) is 0. The van der Waals surface area contributed by atoms with Crippen LogP contribution in [0.5, 0.6) is 5.75 Å². The van der Waals surface area contributed by atoms with Crippen molar-refractivity contribution in [2.45, 2.75) is 0 Å². The van der Waals surface area contributed by atoms with E-state index in [9.17, 15) is 0 Å². The van der Waals surface area contributed by atoms with Gasteiger partial charge in [0.05, 0.1) is 7.11 Å². The van der Waals surface area contributed by atoms with E-state index in [1.54, 1.807) is 7.11 Å². The molecule has 1 nitrogen and oxygen atoms in total. The molecule has 1 rings (SSSR count). The first-order chi connectivity index (χ1) is 3.93. The first-order valence-corrected chi connectivity index (χ1v) is 2.52. The molecule has 1 aromatic rings. The summed E-state index contributed by atoms with van der Waals surface area (Å²) in [5.41, 5.74) is 0. The smallest absolute Gasteiger partial charge is 1.00 e. The predicted molar refractivity (Wildman–Crippen MR) is 38.7 cm³/mol. The molecule has 0 aliphatic carbocycles. The van der Waals surface area contributed by atoms with Gasteiger partial charge in [-0.05, 0) is 12.1 Å². The van der Waals surface area contributed by atoms with Gasteiger partial charge < -0.3 is 17.1 Å². The number of hydrogen-bond donors (Lipinski definition) is 0. The van der Waals surface area contributed by atoms with E-state index in [0.717, 1.165) is 5.75 Å². The normalized spacial score (nSPS) is 6.90. The Balaban J connectivity index is 0. The molecule has 0 aliphatic heterocycles. The van der Waals surface area contributed by atoms with Crippen LogP contribution in [-0.4, -0.2) is 24.5 Å². The van der Waals surface area contributed by atoms with E-state index < -0.39 is 0 Å². The summed E-state index contributed by atoms with van der Waals surface area (Å²) in [6.07, 6.45) is 0. The van der Waals surface area contributed by atoms with E-state index in [1.807, 2.05) is 30.3 Å². The van der Waals surface area contributed by atoms with Gasteiger partial charge >= 0.3 is 17.4 Å². The standard InChI is InChI=1S/C7H8O.Al.ClH/c1-8-7-5-3-2-4-6-7;;/h2-6H,1H3;;1H/q;+3;/p-1. The fourth-order valence-electron chi connectivity index (χ4n) is 0.557. The average Bonchev–Trinajstić information content (AvgIpc) is 1.90. The Bertz CT molecular complexity index is 155. The van der Waals surface area contributed by atoms with E-state index in [4.69, 9.17) is 4.74 Å². The van der Waals surface area contributed by atoms with E-state index in [-0.39, 0.29) is 29.8 Å². The van der Waals surface area contributed by atoms with Crippen molar-refractivity contribution < 1.29 is 17.1 Å². The summed E-state index contributed by atoms with van der Waals surface area (Å²) >= 11 is 0. The predicted octanol–water partition coefficient (Wildman–Crippen LogP) is -1.68. The van der Waals surface area contributed by atoms with Gasteiger partial charge in [-0.2, -0.15) is 0 Å². The third kappa shape index (κ3) is 3.79. The van der Waals surface area contributed by atoms with Crippen molar-refractivity contribution in [2.75, 3.05) is 7.11 Å². The Hall–Kier alpha value is -0.158. The first kappa shape index (κ1) is 12.5. The Morgan fingerprint density at radius 2 is 1.60 bits per heavy atom. The van der Waals surface area contributed by atoms with Gasteiger partial charge in [0, 0.05) is 0 Å². The minimum Gasteiger partial charge on any atom is -1.00 e. The third-order valence-electron chi connectivity index (χ3n) is 0.979. The third-order valence-corrected chi connectivity index (χ3v) is 0.979. The van der Waals surface area contributed by atoms with E-state index in [1.165, 1.54) is 0 Å². The quantitative estimate of drug-likeness (QED) is 0.458. The minimum atomic E-state index is 0. The molecule has 10 heavy (non-hydrogen) atoms. The molecule has 0 saturated carbocycles. The Morgan fingerprint density at radius 1 is 1.10 bits per heavy atom. The second-order valence-corrected chi connectivity index (χ2v) is 1.52. The topological polar surface area (TPSA) is 9.23 Å². The second kappa shape index (κ2) is 6.96. The molecule has 3 heteroatoms. The van der Waals surface area contributed by atoms with Gasteiger partial charge in [-0.3, -0.25) is 0 Å². The van der Waals surface area contributed by atoms with Crippen LogP contribution in [0.2, 0.25) is 0 Å². The van der Waals surface area contributed by atoms with Crippen LogP contribution < -0.4 is 17.1 Å². The van der Waals surface area contributed by atoms with Gasteiger partial charge in [-0.15, -0.1) is 0 Å². The van der Waals surface area contributed by atoms with Crippen LogP contribution in [0.25, 0.3) is 0 Å². The van der Waals surface area contributed by atoms with Crippen LogP contribution in [0.1, 0.15) is 0 Å². The largest absolute Gasteiger partial charge is 3.00 e. The Labute approximate surface area is 77.9 Å². The summed E-state index contributed by atoms with van der Waals surface area (Å²) in [7, 11) is 1.66. The zero-order valence-electron chi connectivity index (χ0n) is 5.75. The van der Waals surface area contributed by atoms with Crippen molar-refractivity contribution in [2.24, 2.45) is 0 Å². The van der Waals surface area contributed by atoms with Crippen LogP contribution in [0.15, 0.2) is 30.3 Å². The van der Waals surface area contributed by atoms with Crippen molar-refractivity contribution in [3.05, 3.63) is 30.3 Å². The summed E-state index contributed by atoms with van der Waals surface area (Å²) in [6, 6.07) is 9.68. The number of benzene rings is 1. The Kier molecular flexibility index (Phi) is 8.70. The van der Waals surface area contributed by atoms with Crippen molar-refractivity contribution in [3.63, 3.8) is 0 Å². The van der Waals surface area contributed by atoms with Crippen LogP contribution in [0.3, 0.4) is 0 Å². The maximum Gasteiger partial charge on any atom is 3.00 e. The second-order valence-electron chi connectivity index (χ2n) is 1.52. The molecular formula is C7H8AlClO+2. The summed E-state index contributed by atoms with van der Waals surface area (Å²) < 4.78 is 4.91. The molecule has 0 aliphatic rings. The molecule has 1 aromatic carbocycles. The molecule has 0 heterocycles. The van der Waals surface area contributed by atoms with Crippen LogP contribution in [-0.2, 0) is 0 Å². The number of para-hydroxylation sites is 1. The van der Waals surface area contributed by atoms with Gasteiger partial charge in [-0.25, -0.2) is 0 Å². The van der Waals surface area contributed by atoms with Gasteiger partial charge in [0.2, 0.25) is 0 Å². The number of rotatable bonds is 1. The van der Waals surface area contributed by atoms with Gasteiger partial charge in [0.1, 0.15) is 5.75 Å². The number of ether oxygens (including phenoxy) is 1. The molecule has 0 N–H and O–H groups in total. The number of hydrogen-bond acceptors (Lipinski definition) is 1. The van der Waals surface area contributed by atoms with E-state index >= 15 is 0 Å². The van der Waals surface area contributed by atoms with Crippen molar-refractivity contribution in [1.82, 2.24) is 0 Å². The molecule has 0 fully saturated rings. The van der Waals surface area contributed by atoms with Crippen molar-refractivity contribution >= 4 is 17.4 Å². The van der Waals surface area contributed by atoms with Crippen LogP contribution in [0.4, 0.5) is 0 Å². The molecule has 0 unspecified atom stereocenters. The fourth-order valence-corrected chi connectivity index (χ4v) is 0.557. The molecule has 0 aromatic heterocycles.